The fourth-order valence-electron chi connectivity index (χ4n) is 10.4. The van der Waals surface area contributed by atoms with Gasteiger partial charge in [0.1, 0.15) is 12.1 Å². The SMILES string of the molecule is CCOC(=O)[C@H](CCCCCCCc1ccc2c(n1)CCCC2)NC(=O)[C@@H]1CCCN1.CCOC(=O)[C@H](CCCCCCCc1ccc2c(n1)CCCC2)NC(=O)[C@@H]1CCCN1Cc1cccnc1. The molecule has 2 amide bonds. The van der Waals surface area contributed by atoms with Crippen LogP contribution in [-0.4, -0.2) is 94.1 Å². The Labute approximate surface area is 412 Å². The first-order valence-corrected chi connectivity index (χ1v) is 27.1. The van der Waals surface area contributed by atoms with Gasteiger partial charge in [-0.15, -0.1) is 0 Å². The fourth-order valence-corrected chi connectivity index (χ4v) is 10.4. The number of aromatic nitrogens is 3. The van der Waals surface area contributed by atoms with Gasteiger partial charge in [-0.25, -0.2) is 9.59 Å². The van der Waals surface area contributed by atoms with Crippen molar-refractivity contribution in [3.63, 3.8) is 0 Å². The van der Waals surface area contributed by atoms with Crippen molar-refractivity contribution in [1.82, 2.24) is 35.8 Å². The lowest BCUT2D eigenvalue weighted by Gasteiger charge is -2.26. The number of pyridine rings is 3. The second-order valence-corrected chi connectivity index (χ2v) is 19.6. The first kappa shape index (κ1) is 53.6. The molecule has 0 saturated carbocycles. The molecule has 0 bridgehead atoms. The second-order valence-electron chi connectivity index (χ2n) is 19.6. The van der Waals surface area contributed by atoms with Crippen LogP contribution in [0.5, 0.6) is 0 Å². The van der Waals surface area contributed by atoms with Gasteiger partial charge in [-0.05, 0) is 177 Å². The van der Waals surface area contributed by atoms with Gasteiger partial charge >= 0.3 is 11.9 Å². The van der Waals surface area contributed by atoms with Gasteiger partial charge < -0.3 is 25.4 Å². The van der Waals surface area contributed by atoms with E-state index in [4.69, 9.17) is 19.4 Å². The van der Waals surface area contributed by atoms with Crippen LogP contribution in [0.1, 0.15) is 182 Å². The highest BCUT2D eigenvalue weighted by atomic mass is 16.5. The van der Waals surface area contributed by atoms with Crippen molar-refractivity contribution in [2.45, 2.75) is 212 Å². The molecule has 2 saturated heterocycles. The van der Waals surface area contributed by atoms with E-state index >= 15 is 0 Å². The first-order valence-electron chi connectivity index (χ1n) is 27.1. The number of ether oxygens (including phenoxy) is 2. The van der Waals surface area contributed by atoms with E-state index in [-0.39, 0.29) is 35.8 Å². The van der Waals surface area contributed by atoms with Gasteiger partial charge in [0.05, 0.1) is 25.3 Å². The predicted molar refractivity (Wildman–Crippen MR) is 270 cm³/mol. The number of hydrogen-bond donors (Lipinski definition) is 3. The zero-order valence-corrected chi connectivity index (χ0v) is 42.1. The molecule has 7 rings (SSSR count). The normalized spacial score (nSPS) is 18.5. The van der Waals surface area contributed by atoms with E-state index in [1.54, 1.807) is 20.0 Å². The molecule has 3 aromatic heterocycles. The highest BCUT2D eigenvalue weighted by Crippen LogP contribution is 2.24. The number of aryl methyl sites for hydroxylation is 6. The largest absolute Gasteiger partial charge is 0.464 e. The molecule has 13 heteroatoms. The number of carbonyl (C=O) groups excluding carboxylic acids is 4. The Kier molecular flexibility index (Phi) is 23.4. The second kappa shape index (κ2) is 30.1. The van der Waals surface area contributed by atoms with Crippen LogP contribution >= 0.6 is 0 Å². The number of unbranched alkanes of at least 4 members (excludes halogenated alkanes) is 8. The summed E-state index contributed by atoms with van der Waals surface area (Å²) >= 11 is 0. The first-order chi connectivity index (χ1) is 33.8. The number of amides is 2. The van der Waals surface area contributed by atoms with Crippen molar-refractivity contribution in [3.05, 3.63) is 88.3 Å². The molecular formula is C56H83N7O6. The smallest absolute Gasteiger partial charge is 0.328 e. The number of carbonyl (C=O) groups is 4. The Bertz CT molecular complexity index is 2030. The van der Waals surface area contributed by atoms with Crippen molar-refractivity contribution >= 4 is 23.8 Å². The van der Waals surface area contributed by atoms with E-state index in [0.717, 1.165) is 128 Å². The van der Waals surface area contributed by atoms with Crippen LogP contribution in [0, 0.1) is 0 Å². The molecule has 69 heavy (non-hydrogen) atoms. The molecule has 0 radical (unpaired) electrons. The van der Waals surface area contributed by atoms with Crippen molar-refractivity contribution < 1.29 is 28.7 Å². The third kappa shape index (κ3) is 18.2. The number of nitrogens with zero attached hydrogens (tertiary/aromatic N) is 4. The molecule has 5 heterocycles. The molecule has 2 aliphatic heterocycles. The van der Waals surface area contributed by atoms with Crippen molar-refractivity contribution in [1.29, 1.82) is 0 Å². The summed E-state index contributed by atoms with van der Waals surface area (Å²) in [5, 5.41) is 9.12. The third-order valence-electron chi connectivity index (χ3n) is 14.2. The van der Waals surface area contributed by atoms with Crippen LogP contribution in [0.4, 0.5) is 0 Å². The van der Waals surface area contributed by atoms with Crippen molar-refractivity contribution in [3.8, 4) is 0 Å². The number of hydrogen-bond acceptors (Lipinski definition) is 11. The van der Waals surface area contributed by atoms with Crippen molar-refractivity contribution in [2.24, 2.45) is 0 Å². The Hall–Kier alpha value is -4.75. The molecule has 0 unspecified atom stereocenters. The average Bonchev–Trinajstić information content (AvgIpc) is 4.09. The van der Waals surface area contributed by atoms with Gasteiger partial charge in [0, 0.05) is 41.7 Å². The number of esters is 2. The molecule has 2 fully saturated rings. The van der Waals surface area contributed by atoms with Crippen molar-refractivity contribution in [2.75, 3.05) is 26.3 Å². The fraction of sp³-hybridized carbons (Fsp3) is 0.661. The molecule has 0 aromatic carbocycles. The van der Waals surface area contributed by atoms with Gasteiger partial charge in [-0.3, -0.25) is 29.4 Å². The van der Waals surface area contributed by atoms with Gasteiger partial charge in [0.15, 0.2) is 0 Å². The predicted octanol–water partition coefficient (Wildman–Crippen LogP) is 8.59. The highest BCUT2D eigenvalue weighted by molar-refractivity contribution is 5.88. The minimum Gasteiger partial charge on any atom is -0.464 e. The quantitative estimate of drug-likeness (QED) is 0.0522. The summed E-state index contributed by atoms with van der Waals surface area (Å²) in [5.74, 6) is -0.779. The van der Waals surface area contributed by atoms with Gasteiger partial charge in [0.2, 0.25) is 11.8 Å². The summed E-state index contributed by atoms with van der Waals surface area (Å²) in [6, 6.07) is 11.4. The lowest BCUT2D eigenvalue weighted by atomic mass is 9.95. The minimum atomic E-state index is -0.581. The van der Waals surface area contributed by atoms with Crippen LogP contribution in [-0.2, 0) is 73.7 Å². The summed E-state index contributed by atoms with van der Waals surface area (Å²) in [5.41, 5.74) is 9.07. The number of nitrogens with one attached hydrogen (secondary N) is 3. The third-order valence-corrected chi connectivity index (χ3v) is 14.2. The number of likely N-dealkylation sites (tertiary alicyclic amines) is 1. The number of fused-ring (bicyclic) bond motifs is 2. The molecular weight excluding hydrogens is 867 g/mol. The van der Waals surface area contributed by atoms with Crippen LogP contribution in [0.2, 0.25) is 0 Å². The molecule has 3 aromatic rings. The maximum atomic E-state index is 13.2. The minimum absolute atomic E-state index is 0.0676. The zero-order chi connectivity index (χ0) is 48.5. The van der Waals surface area contributed by atoms with Crippen LogP contribution < -0.4 is 16.0 Å². The van der Waals surface area contributed by atoms with Crippen LogP contribution in [0.15, 0.2) is 48.8 Å². The van der Waals surface area contributed by atoms with E-state index in [9.17, 15) is 19.2 Å². The van der Waals surface area contributed by atoms with Crippen LogP contribution in [0.3, 0.4) is 0 Å². The Morgan fingerprint density at radius 2 is 1.20 bits per heavy atom. The molecule has 2 aliphatic carbocycles. The summed E-state index contributed by atoms with van der Waals surface area (Å²) < 4.78 is 10.5. The van der Waals surface area contributed by atoms with E-state index in [1.807, 2.05) is 18.3 Å². The number of rotatable bonds is 26. The standard InChI is InChI=1S/C31H44N4O3.C25H39N3O3/c1-2-38-31(37)28(34-30(36)29-17-11-21-35(29)23-24-12-10-20-32-22-24)16-7-5-3-4-6-14-26-19-18-25-13-8-9-15-27(25)33-26;1-2-31-25(30)23(28-24(29)22-15-10-18-26-22)14-7-5-3-4-6-12-20-17-16-19-11-8-9-13-21(19)27-20/h10,12,18-20,22,28-29H,2-9,11,13-17,21,23H2,1H3,(H,34,36);16-17,22-23,26H,2-15,18H2,1H3,(H,28,29)/t28-,29-;22-,23-/m00/s1. The lowest BCUT2D eigenvalue weighted by molar-refractivity contribution is -0.148. The monoisotopic (exact) mass is 950 g/mol. The van der Waals surface area contributed by atoms with Gasteiger partial charge in [-0.2, -0.15) is 0 Å². The molecule has 4 atom stereocenters. The molecule has 378 valence electrons. The summed E-state index contributed by atoms with van der Waals surface area (Å²) in [7, 11) is 0. The molecule has 3 N–H and O–H groups in total. The van der Waals surface area contributed by atoms with E-state index in [0.29, 0.717) is 32.6 Å². The van der Waals surface area contributed by atoms with E-state index in [2.05, 4.69) is 50.1 Å². The van der Waals surface area contributed by atoms with Gasteiger partial charge in [-0.1, -0.05) is 69.6 Å². The van der Waals surface area contributed by atoms with E-state index < -0.39 is 12.1 Å². The Balaban J connectivity index is 0.000000232. The zero-order valence-electron chi connectivity index (χ0n) is 42.1. The van der Waals surface area contributed by atoms with Crippen LogP contribution in [0.25, 0.3) is 0 Å². The van der Waals surface area contributed by atoms with E-state index in [1.165, 1.54) is 78.8 Å². The maximum Gasteiger partial charge on any atom is 0.328 e. The summed E-state index contributed by atoms with van der Waals surface area (Å²) in [6.45, 7) is 6.69. The molecule has 13 nitrogen and oxygen atoms in total. The molecule has 0 spiro atoms. The maximum absolute atomic E-state index is 13.2. The topological polar surface area (TPSA) is 165 Å². The Morgan fingerprint density at radius 3 is 1.74 bits per heavy atom. The average molecular weight is 950 g/mol. The highest BCUT2D eigenvalue weighted by Gasteiger charge is 2.33. The lowest BCUT2D eigenvalue weighted by Crippen LogP contribution is -2.49. The van der Waals surface area contributed by atoms with Gasteiger partial charge in [0.25, 0.3) is 0 Å². The molecule has 4 aliphatic rings. The summed E-state index contributed by atoms with van der Waals surface area (Å²) in [4.78, 5) is 66.6. The Morgan fingerprint density at radius 1 is 0.652 bits per heavy atom. The summed E-state index contributed by atoms with van der Waals surface area (Å²) in [6.07, 6.45) is 31.1.